The van der Waals surface area contributed by atoms with Gasteiger partial charge in [0, 0.05) is 16.5 Å². The van der Waals surface area contributed by atoms with E-state index in [9.17, 15) is 22.0 Å². The highest BCUT2D eigenvalue weighted by Crippen LogP contribution is 2.33. The van der Waals surface area contributed by atoms with E-state index in [1.54, 1.807) is 24.3 Å². The third-order valence-electron chi connectivity index (χ3n) is 3.63. The Bertz CT molecular complexity index is 996. The number of alkyl halides is 3. The number of nitrogens with one attached hydrogen (secondary N) is 1. The number of fused-ring (bicyclic) bond motifs is 1. The summed E-state index contributed by atoms with van der Waals surface area (Å²) < 4.78 is 65.4. The van der Waals surface area contributed by atoms with Gasteiger partial charge in [0.1, 0.15) is 11.6 Å². The fourth-order valence-corrected chi connectivity index (χ4v) is 2.47. The summed E-state index contributed by atoms with van der Waals surface area (Å²) in [4.78, 5) is 4.08. The van der Waals surface area contributed by atoms with E-state index in [0.717, 1.165) is 6.07 Å². The number of aliphatic imine (C=N–C) groups is 1. The van der Waals surface area contributed by atoms with E-state index in [1.807, 2.05) is 0 Å². The summed E-state index contributed by atoms with van der Waals surface area (Å²) in [5.74, 6) is -2.04. The van der Waals surface area contributed by atoms with Gasteiger partial charge in [-0.15, -0.1) is 0 Å². The Kier molecular flexibility index (Phi) is 4.50. The summed E-state index contributed by atoms with van der Waals surface area (Å²) in [7, 11) is 0. The molecule has 0 aliphatic rings. The molecule has 0 aromatic heterocycles. The zero-order chi connectivity index (χ0) is 18.9. The van der Waals surface area contributed by atoms with Gasteiger partial charge in [-0.25, -0.2) is 13.8 Å². The number of benzene rings is 3. The molecule has 3 N–H and O–H groups in total. The van der Waals surface area contributed by atoms with Crippen LogP contribution in [0.1, 0.15) is 5.56 Å². The molecule has 0 unspecified atom stereocenters. The topological polar surface area (TPSA) is 50.4 Å². The maximum atomic E-state index is 13.8. The number of hydrogen-bond donors (Lipinski definition) is 2. The number of guanidine groups is 1. The van der Waals surface area contributed by atoms with E-state index in [-0.39, 0.29) is 11.6 Å². The predicted octanol–water partition coefficient (Wildman–Crippen LogP) is 5.20. The molecule has 0 aliphatic heterocycles. The van der Waals surface area contributed by atoms with Crippen molar-refractivity contribution in [3.63, 3.8) is 0 Å². The second-order valence-electron chi connectivity index (χ2n) is 5.43. The Morgan fingerprint density at radius 1 is 0.885 bits per heavy atom. The smallest absolute Gasteiger partial charge is 0.369 e. The van der Waals surface area contributed by atoms with Crippen molar-refractivity contribution in [3.05, 3.63) is 71.8 Å². The minimum Gasteiger partial charge on any atom is -0.369 e. The first-order chi connectivity index (χ1) is 12.3. The third kappa shape index (κ3) is 3.58. The van der Waals surface area contributed by atoms with E-state index < -0.39 is 23.4 Å². The summed E-state index contributed by atoms with van der Waals surface area (Å²) >= 11 is 0. The van der Waals surface area contributed by atoms with Crippen molar-refractivity contribution >= 4 is 28.1 Å². The maximum absolute atomic E-state index is 13.8. The Labute approximate surface area is 145 Å². The van der Waals surface area contributed by atoms with E-state index in [0.29, 0.717) is 28.6 Å². The highest BCUT2D eigenvalue weighted by molar-refractivity contribution is 5.99. The molecule has 0 spiro atoms. The van der Waals surface area contributed by atoms with Crippen molar-refractivity contribution in [1.82, 2.24) is 0 Å². The Morgan fingerprint density at radius 3 is 2.23 bits per heavy atom. The molecule has 0 atom stereocenters. The largest absolute Gasteiger partial charge is 0.419 e. The van der Waals surface area contributed by atoms with Gasteiger partial charge in [0.2, 0.25) is 0 Å². The van der Waals surface area contributed by atoms with Crippen LogP contribution < -0.4 is 11.1 Å². The molecular formula is C18H12F5N3. The molecule has 8 heteroatoms. The number of halogens is 5. The first-order valence-electron chi connectivity index (χ1n) is 7.41. The van der Waals surface area contributed by atoms with Crippen LogP contribution in [-0.4, -0.2) is 5.96 Å². The summed E-state index contributed by atoms with van der Waals surface area (Å²) in [6, 6.07) is 11.6. The van der Waals surface area contributed by atoms with Gasteiger partial charge >= 0.3 is 6.18 Å². The SMILES string of the molecule is NC(=Nc1ccc(F)c2ccccc12)Nc1ccc(F)c(C(F)(F)F)c1. The highest BCUT2D eigenvalue weighted by atomic mass is 19.4. The molecule has 134 valence electrons. The minimum atomic E-state index is -4.83. The molecule has 3 aromatic carbocycles. The van der Waals surface area contributed by atoms with Crippen LogP contribution in [0.2, 0.25) is 0 Å². The van der Waals surface area contributed by atoms with Gasteiger partial charge in [-0.2, -0.15) is 13.2 Å². The molecular weight excluding hydrogens is 353 g/mol. The zero-order valence-corrected chi connectivity index (χ0v) is 13.1. The average molecular weight is 365 g/mol. The number of hydrogen-bond acceptors (Lipinski definition) is 1. The lowest BCUT2D eigenvalue weighted by Crippen LogP contribution is -2.22. The lowest BCUT2D eigenvalue weighted by Gasteiger charge is -2.11. The second-order valence-corrected chi connectivity index (χ2v) is 5.43. The van der Waals surface area contributed by atoms with Crippen molar-refractivity contribution in [1.29, 1.82) is 0 Å². The molecule has 0 radical (unpaired) electrons. The van der Waals surface area contributed by atoms with Gasteiger partial charge in [0.05, 0.1) is 11.3 Å². The molecule has 0 saturated carbocycles. The predicted molar refractivity (Wildman–Crippen MR) is 90.2 cm³/mol. The van der Waals surface area contributed by atoms with Crippen LogP contribution >= 0.6 is 0 Å². The van der Waals surface area contributed by atoms with Crippen molar-refractivity contribution in [2.45, 2.75) is 6.18 Å². The van der Waals surface area contributed by atoms with E-state index in [2.05, 4.69) is 10.3 Å². The standard InChI is InChI=1S/C18H12F5N3/c19-14-7-8-16(12-4-2-1-3-11(12)14)26-17(24)25-10-5-6-15(20)13(9-10)18(21,22)23/h1-9H,(H3,24,25,26). The van der Waals surface area contributed by atoms with E-state index >= 15 is 0 Å². The monoisotopic (exact) mass is 365 g/mol. The van der Waals surface area contributed by atoms with Gasteiger partial charge in [0.25, 0.3) is 0 Å². The first kappa shape index (κ1) is 17.7. The van der Waals surface area contributed by atoms with Crippen molar-refractivity contribution in [2.75, 3.05) is 5.32 Å². The van der Waals surface area contributed by atoms with E-state index in [1.165, 1.54) is 12.1 Å². The van der Waals surface area contributed by atoms with Crippen molar-refractivity contribution in [3.8, 4) is 0 Å². The summed E-state index contributed by atoms with van der Waals surface area (Å²) in [5, 5.41) is 3.31. The Morgan fingerprint density at radius 2 is 1.54 bits per heavy atom. The molecule has 0 aliphatic carbocycles. The van der Waals surface area contributed by atoms with Gasteiger partial charge in [-0.05, 0) is 30.3 Å². The zero-order valence-electron chi connectivity index (χ0n) is 13.1. The number of rotatable bonds is 2. The second kappa shape index (κ2) is 6.62. The molecule has 0 amide bonds. The van der Waals surface area contributed by atoms with Gasteiger partial charge < -0.3 is 11.1 Å². The molecule has 3 aromatic rings. The summed E-state index contributed by atoms with van der Waals surface area (Å²) in [5.41, 5.74) is 4.58. The van der Waals surface area contributed by atoms with Crippen LogP contribution in [0.4, 0.5) is 33.3 Å². The fourth-order valence-electron chi connectivity index (χ4n) is 2.47. The fraction of sp³-hybridized carbons (Fsp3) is 0.0556. The van der Waals surface area contributed by atoms with Gasteiger partial charge in [-0.1, -0.05) is 24.3 Å². The minimum absolute atomic E-state index is 0.0774. The molecule has 0 heterocycles. The molecule has 3 rings (SSSR count). The molecule has 26 heavy (non-hydrogen) atoms. The number of anilines is 1. The Hall–Kier alpha value is -3.16. The number of nitrogens with two attached hydrogens (primary N) is 1. The highest BCUT2D eigenvalue weighted by Gasteiger charge is 2.34. The van der Waals surface area contributed by atoms with Gasteiger partial charge in [0.15, 0.2) is 5.96 Å². The first-order valence-corrected chi connectivity index (χ1v) is 7.41. The van der Waals surface area contributed by atoms with Crippen LogP contribution in [0.25, 0.3) is 10.8 Å². The molecule has 0 fully saturated rings. The lowest BCUT2D eigenvalue weighted by atomic mass is 10.1. The normalized spacial score (nSPS) is 12.4. The van der Waals surface area contributed by atoms with Crippen LogP contribution in [0.5, 0.6) is 0 Å². The summed E-state index contributed by atoms with van der Waals surface area (Å²) in [6.07, 6.45) is -4.83. The molecule has 3 nitrogen and oxygen atoms in total. The third-order valence-corrected chi connectivity index (χ3v) is 3.63. The maximum Gasteiger partial charge on any atom is 0.419 e. The van der Waals surface area contributed by atoms with Crippen LogP contribution in [-0.2, 0) is 6.18 Å². The molecule has 0 saturated heterocycles. The van der Waals surface area contributed by atoms with Crippen LogP contribution in [0.3, 0.4) is 0 Å². The average Bonchev–Trinajstić information content (AvgIpc) is 2.58. The van der Waals surface area contributed by atoms with Crippen molar-refractivity contribution < 1.29 is 22.0 Å². The van der Waals surface area contributed by atoms with Crippen LogP contribution in [0, 0.1) is 11.6 Å². The summed E-state index contributed by atoms with van der Waals surface area (Å²) in [6.45, 7) is 0. The van der Waals surface area contributed by atoms with Crippen molar-refractivity contribution in [2.24, 2.45) is 10.7 Å². The lowest BCUT2D eigenvalue weighted by molar-refractivity contribution is -0.139. The Balaban J connectivity index is 1.94. The quantitative estimate of drug-likeness (QED) is 0.373. The van der Waals surface area contributed by atoms with Gasteiger partial charge in [-0.3, -0.25) is 0 Å². The molecule has 0 bridgehead atoms. The number of nitrogens with zero attached hydrogens (tertiary/aromatic N) is 1. The van der Waals surface area contributed by atoms with Crippen LogP contribution in [0.15, 0.2) is 59.6 Å². The van der Waals surface area contributed by atoms with E-state index in [4.69, 9.17) is 5.73 Å².